The highest BCUT2D eigenvalue weighted by Crippen LogP contribution is 2.26. The van der Waals surface area contributed by atoms with E-state index in [9.17, 15) is 38.4 Å². The van der Waals surface area contributed by atoms with Gasteiger partial charge in [0, 0.05) is 39.3 Å². The molecule has 28 heteroatoms. The van der Waals surface area contributed by atoms with Crippen molar-refractivity contribution < 1.29 is 124 Å². The lowest BCUT2D eigenvalue weighted by Crippen LogP contribution is -2.40. The van der Waals surface area contributed by atoms with Crippen molar-refractivity contribution in [3.8, 4) is 0 Å². The zero-order chi connectivity index (χ0) is 107. The fourth-order valence-corrected chi connectivity index (χ4v) is 13.9. The van der Waals surface area contributed by atoms with E-state index in [1.165, 1.54) is 0 Å². The molecule has 0 amide bonds. The second-order valence-electron chi connectivity index (χ2n) is 43.2. The van der Waals surface area contributed by atoms with Gasteiger partial charge in [-0.05, 0) is 204 Å². The molecule has 145 heavy (non-hydrogen) atoms. The molecule has 0 saturated heterocycles. The van der Waals surface area contributed by atoms with Crippen molar-refractivity contribution in [3.63, 3.8) is 0 Å². The predicted octanol–water partition coefficient (Wildman–Crippen LogP) is 24.7. The van der Waals surface area contributed by atoms with Crippen molar-refractivity contribution in [2.75, 3.05) is 105 Å². The van der Waals surface area contributed by atoms with E-state index < -0.39 is 76.8 Å². The average Bonchev–Trinajstić information content (AvgIpc) is 0.892. The zero-order valence-electron chi connectivity index (χ0n) is 91.7. The third-order valence-corrected chi connectivity index (χ3v) is 21.1. The summed E-state index contributed by atoms with van der Waals surface area (Å²) in [6.07, 6.45) is -1.28. The molecule has 6 aromatic rings. The van der Waals surface area contributed by atoms with Gasteiger partial charge in [-0.3, -0.25) is 29.0 Å². The molecule has 2 atom stereocenters. The van der Waals surface area contributed by atoms with Gasteiger partial charge in [-0.25, -0.2) is 19.2 Å². The number of carbonyl (C=O) groups is 8. The monoisotopic (exact) mass is 2030 g/mol. The molecule has 0 aliphatic rings. The maximum Gasteiger partial charge on any atom is 0.508 e. The molecule has 0 radical (unpaired) electrons. The van der Waals surface area contributed by atoms with Crippen LogP contribution in [-0.2, 0) is 144 Å². The Morgan fingerprint density at radius 3 is 0.566 bits per heavy atom. The van der Waals surface area contributed by atoms with E-state index in [-0.39, 0.29) is 122 Å². The number of carbonyl (C=O) groups excluding carboxylic acids is 8. The topological polar surface area (TPSA) is 309 Å². The van der Waals surface area contributed by atoms with Crippen LogP contribution in [0.15, 0.2) is 182 Å². The maximum absolute atomic E-state index is 12.9. The summed E-state index contributed by atoms with van der Waals surface area (Å²) in [5.74, 6) is 1.74. The number of esters is 4. The highest BCUT2D eigenvalue weighted by atomic mass is 16.8. The number of nitrogens with zero attached hydrogens (tertiary/aromatic N) is 2. The van der Waals surface area contributed by atoms with Crippen LogP contribution in [-0.4, -0.2) is 212 Å². The highest BCUT2D eigenvalue weighted by Gasteiger charge is 2.33. The first kappa shape index (κ1) is 131. The molecule has 816 valence electrons. The summed E-state index contributed by atoms with van der Waals surface area (Å²) in [6.45, 7) is 56.0. The normalized spacial score (nSPS) is 12.2. The van der Waals surface area contributed by atoms with Crippen molar-refractivity contribution in [3.05, 3.63) is 215 Å². The largest absolute Gasteiger partial charge is 0.508 e. The quantitative estimate of drug-likeness (QED) is 0.0253. The molecule has 0 fully saturated rings. The van der Waals surface area contributed by atoms with Crippen LogP contribution in [0, 0.1) is 57.2 Å². The van der Waals surface area contributed by atoms with Crippen molar-refractivity contribution in [1.82, 2.24) is 9.80 Å². The number of rotatable bonds is 60. The predicted molar refractivity (Wildman–Crippen MR) is 567 cm³/mol. The Morgan fingerprint density at radius 2 is 0.386 bits per heavy atom. The highest BCUT2D eigenvalue weighted by molar-refractivity contribution is 5.77. The van der Waals surface area contributed by atoms with E-state index in [0.29, 0.717) is 108 Å². The van der Waals surface area contributed by atoms with E-state index in [2.05, 4.69) is 83.1 Å². The Labute approximate surface area is 869 Å². The molecular weight excluding hydrogens is 1850 g/mol. The summed E-state index contributed by atoms with van der Waals surface area (Å²) in [6, 6.07) is 58.5. The van der Waals surface area contributed by atoms with Crippen molar-refractivity contribution in [2.24, 2.45) is 57.2 Å². The molecule has 0 spiro atoms. The second-order valence-corrected chi connectivity index (χ2v) is 43.2. The van der Waals surface area contributed by atoms with Crippen molar-refractivity contribution >= 4 is 48.5 Å². The maximum atomic E-state index is 12.9. The first-order chi connectivity index (χ1) is 68.0. The average molecular weight is 2030 g/mol. The second kappa shape index (κ2) is 73.1. The van der Waals surface area contributed by atoms with Crippen molar-refractivity contribution in [2.45, 2.75) is 314 Å². The van der Waals surface area contributed by atoms with Crippen LogP contribution in [0.1, 0.15) is 259 Å². The number of benzene rings is 6. The van der Waals surface area contributed by atoms with Gasteiger partial charge in [0.1, 0.15) is 63.1 Å². The molecule has 0 aliphatic heterocycles. The minimum absolute atomic E-state index is 0. The van der Waals surface area contributed by atoms with E-state index in [0.717, 1.165) is 71.9 Å². The Kier molecular flexibility index (Phi) is 66.1. The number of ether oxygens (including phenoxy) is 18. The van der Waals surface area contributed by atoms with Gasteiger partial charge in [0.15, 0.2) is 12.2 Å². The van der Waals surface area contributed by atoms with E-state index in [4.69, 9.17) is 85.3 Å². The fraction of sp³-hybridized carbons (Fsp3) is 0.624. The Bertz CT molecular complexity index is 4060. The lowest BCUT2D eigenvalue weighted by Gasteiger charge is -2.27. The Hall–Kier alpha value is -10.0. The van der Waals surface area contributed by atoms with Gasteiger partial charge in [0.2, 0.25) is 0 Å². The summed E-state index contributed by atoms with van der Waals surface area (Å²) in [7, 11) is 0. The molecule has 0 N–H and O–H groups in total. The molecule has 0 aromatic heterocycles. The third kappa shape index (κ3) is 67.5. The summed E-state index contributed by atoms with van der Waals surface area (Å²) >= 11 is 0. The van der Waals surface area contributed by atoms with Gasteiger partial charge in [-0.15, -0.1) is 0 Å². The van der Waals surface area contributed by atoms with E-state index in [1.807, 2.05) is 240 Å². The molecule has 0 aliphatic carbocycles. The number of hydrogen-bond donors (Lipinski definition) is 0. The SMILES string of the molecule is C.CC(C)(C)C(=O)OC(COCc1ccccc1)COCc1ccccc1.CC(C)CC(CC(C)C)OC(=O)C(C)(C)C.CC(C)CC(CC(C)C)OC(=O)OCCN(CCOC(=O)OC(CC(C)C)CC(C)C)CC(C)OC(=O)C(C)(C)C.CC(CN(CCOC(=O)OC(COCc1ccccc1)COCc1ccccc1)CCOC(=O)OC(COCc1ccccc1)COCc1ccccc1)OC(=O)C(C)(C)C. The molecule has 0 heterocycles. The van der Waals surface area contributed by atoms with Crippen LogP contribution in [0.5, 0.6) is 0 Å². The van der Waals surface area contributed by atoms with Gasteiger partial charge < -0.3 is 85.3 Å². The van der Waals surface area contributed by atoms with Crippen LogP contribution >= 0.6 is 0 Å². The van der Waals surface area contributed by atoms with E-state index >= 15 is 0 Å². The number of hydrogen-bond acceptors (Lipinski definition) is 28. The summed E-state index contributed by atoms with van der Waals surface area (Å²) in [5.41, 5.74) is 3.81. The Morgan fingerprint density at radius 1 is 0.228 bits per heavy atom. The van der Waals surface area contributed by atoms with Crippen LogP contribution in [0.3, 0.4) is 0 Å². The first-order valence-electron chi connectivity index (χ1n) is 51.3. The van der Waals surface area contributed by atoms with Gasteiger partial charge in [0.05, 0.1) is 101 Å². The van der Waals surface area contributed by atoms with Gasteiger partial charge in [0.25, 0.3) is 0 Å². The van der Waals surface area contributed by atoms with Gasteiger partial charge in [-0.1, -0.05) is 273 Å². The summed E-state index contributed by atoms with van der Waals surface area (Å²) in [5, 5.41) is 0. The standard InChI is InChI=1S/C48H61NO12.C32H61NO8.C22H28O4.C14H28O2.CH4/c1-38(59-45(50)48(2,3)4)29-49(25-27-57-46(51)60-43(34-53-30-39-17-9-5-10-18-39)35-54-31-40-19-11-6-12-20-40)26-28-58-47(52)61-44(36-55-32-41-21-13-7-14-22-41)37-56-33-42-23-15-8-16-24-42;1-22(2)17-27(18-23(3)4)40-30(35)37-15-13-33(21-26(9)39-29(34)32(10,11)12)14-16-38-31(36)41-28(19-24(5)6)20-25(7)8;1-22(2,3)21(23)26-20(16-24-14-18-10-6-4-7-11-18)17-25-15-19-12-8-5-9-13-19;1-10(2)8-12(9-11(3)4)16-13(15)14(5,6)7;/h5-24,38,43-44H,25-37H2,1-4H3;22-28H,13-21H2,1-12H3;4-13,20H,14-17H2,1-3H3;10-12H,8-9H2,1-7H3;1H4. The molecular formula is C117H182N2O26. The lowest BCUT2D eigenvalue weighted by atomic mass is 9.95. The van der Waals surface area contributed by atoms with Crippen LogP contribution in [0.2, 0.25) is 0 Å². The van der Waals surface area contributed by atoms with Crippen LogP contribution in [0.25, 0.3) is 0 Å². The molecule has 2 unspecified atom stereocenters. The zero-order valence-corrected chi connectivity index (χ0v) is 91.7. The third-order valence-electron chi connectivity index (χ3n) is 21.1. The fourth-order valence-electron chi connectivity index (χ4n) is 13.9. The molecule has 0 saturated carbocycles. The van der Waals surface area contributed by atoms with Crippen LogP contribution < -0.4 is 0 Å². The first-order valence-corrected chi connectivity index (χ1v) is 51.3. The minimum Gasteiger partial charge on any atom is -0.462 e. The van der Waals surface area contributed by atoms with Crippen LogP contribution in [0.4, 0.5) is 19.2 Å². The molecule has 0 bridgehead atoms. The van der Waals surface area contributed by atoms with Gasteiger partial charge in [-0.2, -0.15) is 0 Å². The van der Waals surface area contributed by atoms with E-state index in [1.54, 1.807) is 48.5 Å². The molecule has 6 rings (SSSR count). The molecule has 6 aromatic carbocycles. The Balaban J connectivity index is 0.000000725. The summed E-state index contributed by atoms with van der Waals surface area (Å²) < 4.78 is 102. The van der Waals surface area contributed by atoms with Crippen molar-refractivity contribution in [1.29, 1.82) is 0 Å². The minimum atomic E-state index is -0.890. The molecule has 28 nitrogen and oxygen atoms in total. The van der Waals surface area contributed by atoms with Gasteiger partial charge >= 0.3 is 48.5 Å². The summed E-state index contributed by atoms with van der Waals surface area (Å²) in [4.78, 5) is 104. The lowest BCUT2D eigenvalue weighted by molar-refractivity contribution is -0.166. The smallest absolute Gasteiger partial charge is 0.462 e.